The highest BCUT2D eigenvalue weighted by atomic mass is 32.1. The molecule has 2 aromatic carbocycles. The molecule has 38 heavy (non-hydrogen) atoms. The molecule has 1 aromatic heterocycles. The summed E-state index contributed by atoms with van der Waals surface area (Å²) in [5, 5.41) is 9.14. The average molecular weight is 537 g/mol. The fourth-order valence-corrected chi connectivity index (χ4v) is 3.65. The Hall–Kier alpha value is -4.58. The van der Waals surface area contributed by atoms with Gasteiger partial charge in [0.1, 0.15) is 5.75 Å². The van der Waals surface area contributed by atoms with E-state index in [4.69, 9.17) is 26.4 Å². The monoisotopic (exact) mass is 536 g/mol. The molecular formula is C26H28N6O5S. The zero-order valence-corrected chi connectivity index (χ0v) is 22.4. The smallest absolute Gasteiger partial charge is 0.337 e. The Balaban J connectivity index is 1.88. The summed E-state index contributed by atoms with van der Waals surface area (Å²) in [5.74, 6) is 0.0395. The van der Waals surface area contributed by atoms with Gasteiger partial charge in [-0.15, -0.1) is 0 Å². The maximum absolute atomic E-state index is 12.1. The van der Waals surface area contributed by atoms with Crippen LogP contribution in [0.4, 0.5) is 11.6 Å². The van der Waals surface area contributed by atoms with Gasteiger partial charge in [0.05, 0.1) is 39.0 Å². The van der Waals surface area contributed by atoms with Gasteiger partial charge in [-0.2, -0.15) is 0 Å². The van der Waals surface area contributed by atoms with E-state index in [0.717, 1.165) is 17.0 Å². The molecule has 0 atom stereocenters. The fourth-order valence-electron chi connectivity index (χ4n) is 3.44. The molecule has 11 nitrogen and oxygen atoms in total. The summed E-state index contributed by atoms with van der Waals surface area (Å²) >= 11 is 5.49. The number of carbonyl (C=O) groups is 2. The van der Waals surface area contributed by atoms with Crippen molar-refractivity contribution >= 4 is 46.9 Å². The van der Waals surface area contributed by atoms with Crippen molar-refractivity contribution in [1.82, 2.24) is 15.3 Å². The molecule has 1 heterocycles. The Morgan fingerprint density at radius 1 is 0.895 bits per heavy atom. The quantitative estimate of drug-likeness (QED) is 0.177. The highest BCUT2D eigenvalue weighted by molar-refractivity contribution is 7.80. The first-order valence-electron chi connectivity index (χ1n) is 11.4. The maximum atomic E-state index is 12.1. The van der Waals surface area contributed by atoms with Crippen LogP contribution in [-0.2, 0) is 16.0 Å². The summed E-state index contributed by atoms with van der Waals surface area (Å²) in [6.07, 6.45) is 0. The molecule has 0 aliphatic rings. The summed E-state index contributed by atoms with van der Waals surface area (Å²) < 4.78 is 15.0. The molecule has 0 spiro atoms. The van der Waals surface area contributed by atoms with Crippen LogP contribution in [0.25, 0.3) is 0 Å². The van der Waals surface area contributed by atoms with E-state index in [1.165, 1.54) is 32.4 Å². The van der Waals surface area contributed by atoms with Gasteiger partial charge >= 0.3 is 11.9 Å². The number of aryl methyl sites for hydroxylation is 2. The zero-order valence-electron chi connectivity index (χ0n) is 21.6. The minimum atomic E-state index is -0.620. The third-order valence-corrected chi connectivity index (χ3v) is 5.28. The molecule has 0 unspecified atom stereocenters. The topological polar surface area (TPSA) is 136 Å². The number of aliphatic imine (C=N–C) groups is 1. The fraction of sp³-hybridized carbons (Fsp3) is 0.231. The second-order valence-corrected chi connectivity index (χ2v) is 8.35. The molecule has 0 saturated carbocycles. The maximum Gasteiger partial charge on any atom is 0.337 e. The largest absolute Gasteiger partial charge is 0.496 e. The number of methoxy groups -OCH3 is 3. The number of esters is 2. The van der Waals surface area contributed by atoms with Gasteiger partial charge in [-0.05, 0) is 56.4 Å². The molecule has 0 bridgehead atoms. The molecule has 3 N–H and O–H groups in total. The Morgan fingerprint density at radius 2 is 1.50 bits per heavy atom. The van der Waals surface area contributed by atoms with Crippen molar-refractivity contribution in [1.29, 1.82) is 0 Å². The molecule has 12 heteroatoms. The second-order valence-electron chi connectivity index (χ2n) is 7.94. The summed E-state index contributed by atoms with van der Waals surface area (Å²) in [5.41, 5.74) is 3.06. The molecule has 198 valence electrons. The number of benzene rings is 2. The number of aromatic nitrogens is 2. The first kappa shape index (κ1) is 28.0. The number of nitrogens with one attached hydrogen (secondary N) is 3. The number of rotatable bonds is 7. The predicted molar refractivity (Wildman–Crippen MR) is 148 cm³/mol. The van der Waals surface area contributed by atoms with Crippen LogP contribution < -0.4 is 20.7 Å². The van der Waals surface area contributed by atoms with Crippen molar-refractivity contribution in [3.05, 3.63) is 76.6 Å². The van der Waals surface area contributed by atoms with Crippen molar-refractivity contribution in [2.45, 2.75) is 20.4 Å². The standard InChI is InChI=1S/C26H28N6O5S/c1-15-10-16(2)29-25(28-15)31-24(27-14-17-8-6-7-9-21(17)35-3)32-26(38)30-20-12-18(22(33)36-4)11-19(13-20)23(34)37-5/h6-13H,14H2,1-5H3,(H3,27,28,29,30,31,32,38). The third-order valence-electron chi connectivity index (χ3n) is 5.08. The Labute approximate surface area is 225 Å². The number of guanidine groups is 1. The van der Waals surface area contributed by atoms with E-state index in [1.54, 1.807) is 7.11 Å². The second kappa shape index (κ2) is 13.1. The zero-order chi connectivity index (χ0) is 27.7. The number of nitrogens with zero attached hydrogens (tertiary/aromatic N) is 3. The Kier molecular flexibility index (Phi) is 9.66. The number of carbonyl (C=O) groups excluding carboxylic acids is 2. The SMILES string of the molecule is COC(=O)c1cc(NC(=S)NC(=NCc2ccccc2OC)Nc2nc(C)cc(C)n2)cc(C(=O)OC)c1. The van der Waals surface area contributed by atoms with Gasteiger partial charge in [0.25, 0.3) is 0 Å². The van der Waals surface area contributed by atoms with E-state index < -0.39 is 11.9 Å². The summed E-state index contributed by atoms with van der Waals surface area (Å²) in [6.45, 7) is 3.98. The minimum absolute atomic E-state index is 0.124. The van der Waals surface area contributed by atoms with Crippen LogP contribution >= 0.6 is 12.2 Å². The van der Waals surface area contributed by atoms with E-state index in [1.807, 2.05) is 44.2 Å². The normalized spacial score (nSPS) is 10.8. The van der Waals surface area contributed by atoms with E-state index in [9.17, 15) is 9.59 Å². The average Bonchev–Trinajstić information content (AvgIpc) is 2.90. The molecule has 3 rings (SSSR count). The van der Waals surface area contributed by atoms with Crippen LogP contribution in [-0.4, -0.2) is 54.3 Å². The van der Waals surface area contributed by atoms with E-state index >= 15 is 0 Å². The Bertz CT molecular complexity index is 1320. The Morgan fingerprint density at radius 3 is 2.08 bits per heavy atom. The highest BCUT2D eigenvalue weighted by Gasteiger charge is 2.15. The minimum Gasteiger partial charge on any atom is -0.496 e. The number of hydrogen-bond acceptors (Lipinski definition) is 9. The lowest BCUT2D eigenvalue weighted by Crippen LogP contribution is -2.39. The molecule has 0 aliphatic heterocycles. The molecule has 0 radical (unpaired) electrons. The highest BCUT2D eigenvalue weighted by Crippen LogP contribution is 2.19. The predicted octanol–water partition coefficient (Wildman–Crippen LogP) is 3.63. The third kappa shape index (κ3) is 7.71. The number of thiocarbonyl (C=S) groups is 1. The molecule has 0 fully saturated rings. The van der Waals surface area contributed by atoms with Crippen LogP contribution in [0.5, 0.6) is 5.75 Å². The van der Waals surface area contributed by atoms with Crippen LogP contribution in [0.15, 0.2) is 53.5 Å². The van der Waals surface area contributed by atoms with Crippen LogP contribution in [0, 0.1) is 13.8 Å². The molecule has 0 saturated heterocycles. The lowest BCUT2D eigenvalue weighted by atomic mass is 10.1. The van der Waals surface area contributed by atoms with Gasteiger partial charge in [0.15, 0.2) is 5.11 Å². The van der Waals surface area contributed by atoms with E-state index in [2.05, 4.69) is 30.9 Å². The molecular weight excluding hydrogens is 508 g/mol. The van der Waals surface area contributed by atoms with Crippen LogP contribution in [0.1, 0.15) is 37.7 Å². The first-order valence-corrected chi connectivity index (χ1v) is 11.8. The van der Waals surface area contributed by atoms with Gasteiger partial charge in [-0.3, -0.25) is 5.32 Å². The van der Waals surface area contributed by atoms with Crippen molar-refractivity contribution in [3.63, 3.8) is 0 Å². The van der Waals surface area contributed by atoms with Gasteiger partial charge in [-0.1, -0.05) is 18.2 Å². The van der Waals surface area contributed by atoms with Crippen molar-refractivity contribution in [2.75, 3.05) is 32.0 Å². The number of para-hydroxylation sites is 1. The van der Waals surface area contributed by atoms with E-state index in [-0.39, 0.29) is 28.7 Å². The number of anilines is 2. The van der Waals surface area contributed by atoms with Gasteiger partial charge in [0, 0.05) is 22.6 Å². The first-order chi connectivity index (χ1) is 18.2. The lowest BCUT2D eigenvalue weighted by molar-refractivity contribution is 0.0599. The van der Waals surface area contributed by atoms with Gasteiger partial charge in [0.2, 0.25) is 11.9 Å². The van der Waals surface area contributed by atoms with Crippen molar-refractivity contribution in [2.24, 2.45) is 4.99 Å². The molecule has 3 aromatic rings. The van der Waals surface area contributed by atoms with Crippen LogP contribution in [0.2, 0.25) is 0 Å². The van der Waals surface area contributed by atoms with Gasteiger partial charge in [-0.25, -0.2) is 24.5 Å². The lowest BCUT2D eigenvalue weighted by Gasteiger charge is -2.15. The summed E-state index contributed by atoms with van der Waals surface area (Å²) in [4.78, 5) is 37.7. The molecule has 0 amide bonds. The summed E-state index contributed by atoms with van der Waals surface area (Å²) in [6, 6.07) is 13.7. The van der Waals surface area contributed by atoms with Crippen molar-refractivity contribution < 1.29 is 23.8 Å². The van der Waals surface area contributed by atoms with Crippen molar-refractivity contribution in [3.8, 4) is 5.75 Å². The number of hydrogen-bond donors (Lipinski definition) is 3. The van der Waals surface area contributed by atoms with E-state index in [0.29, 0.717) is 17.4 Å². The summed E-state index contributed by atoms with van der Waals surface area (Å²) in [7, 11) is 4.09. The number of ether oxygens (including phenoxy) is 3. The molecule has 0 aliphatic carbocycles. The van der Waals surface area contributed by atoms with Crippen LogP contribution in [0.3, 0.4) is 0 Å². The van der Waals surface area contributed by atoms with Gasteiger partial charge < -0.3 is 24.8 Å².